The molecule has 0 radical (unpaired) electrons. The van der Waals surface area contributed by atoms with Crippen LogP contribution in [0.4, 0.5) is 0 Å². The lowest BCUT2D eigenvalue weighted by Crippen LogP contribution is -2.12. The van der Waals surface area contributed by atoms with Crippen LogP contribution in [0.15, 0.2) is 36.6 Å². The number of hydrogen-bond acceptors (Lipinski definition) is 1. The highest BCUT2D eigenvalue weighted by molar-refractivity contribution is 5.17. The summed E-state index contributed by atoms with van der Waals surface area (Å²) in [6.07, 6.45) is 21.6. The summed E-state index contributed by atoms with van der Waals surface area (Å²) in [4.78, 5) is 0. The summed E-state index contributed by atoms with van der Waals surface area (Å²) in [6.45, 7) is 26.3. The number of ether oxygens (including phenoxy) is 1. The highest BCUT2D eigenvalue weighted by atomic mass is 16.5. The van der Waals surface area contributed by atoms with Crippen molar-refractivity contribution < 1.29 is 4.74 Å². The summed E-state index contributed by atoms with van der Waals surface area (Å²) in [5.74, 6) is 4.09. The van der Waals surface area contributed by atoms with E-state index in [1.807, 2.05) is 13.8 Å². The normalized spacial score (nSPS) is 24.0. The number of allylic oxidation sites excluding steroid dienone is 4. The van der Waals surface area contributed by atoms with Gasteiger partial charge >= 0.3 is 0 Å². The van der Waals surface area contributed by atoms with E-state index in [2.05, 4.69) is 80.2 Å². The zero-order valence-electron chi connectivity index (χ0n) is 24.9. The fourth-order valence-electron chi connectivity index (χ4n) is 4.46. The van der Waals surface area contributed by atoms with Crippen molar-refractivity contribution in [3.8, 4) is 0 Å². The van der Waals surface area contributed by atoms with Crippen LogP contribution < -0.4 is 0 Å². The molecule has 1 aliphatic rings. The Morgan fingerprint density at radius 3 is 2.09 bits per heavy atom. The van der Waals surface area contributed by atoms with Gasteiger partial charge in [-0.1, -0.05) is 125 Å². The quantitative estimate of drug-likeness (QED) is 0.256. The van der Waals surface area contributed by atoms with Gasteiger partial charge in [-0.15, -0.1) is 0 Å². The summed E-state index contributed by atoms with van der Waals surface area (Å²) >= 11 is 0. The molecule has 0 amide bonds. The van der Waals surface area contributed by atoms with Gasteiger partial charge in [0.2, 0.25) is 0 Å². The predicted molar refractivity (Wildman–Crippen MR) is 155 cm³/mol. The Labute approximate surface area is 211 Å². The van der Waals surface area contributed by atoms with E-state index < -0.39 is 0 Å². The molecular weight excluding hydrogens is 400 g/mol. The van der Waals surface area contributed by atoms with Crippen molar-refractivity contribution in [1.82, 2.24) is 0 Å². The SMILES string of the molecule is C=C(/C=C\C)C1CCC(CCC)[C@@H](C)CCC(C)C1.CC.CCC.CCCC(C)/C=C/OC. The zero-order valence-corrected chi connectivity index (χ0v) is 24.9. The van der Waals surface area contributed by atoms with Gasteiger partial charge < -0.3 is 4.74 Å². The first-order valence-electron chi connectivity index (χ1n) is 14.3. The fourth-order valence-corrected chi connectivity index (χ4v) is 4.46. The zero-order chi connectivity index (χ0) is 26.1. The average molecular weight is 465 g/mol. The topological polar surface area (TPSA) is 9.23 Å². The second kappa shape index (κ2) is 27.3. The molecule has 33 heavy (non-hydrogen) atoms. The van der Waals surface area contributed by atoms with Gasteiger partial charge in [0.25, 0.3) is 0 Å². The van der Waals surface area contributed by atoms with E-state index in [1.165, 1.54) is 69.8 Å². The number of rotatable bonds is 8. The van der Waals surface area contributed by atoms with E-state index in [0.717, 1.165) is 23.7 Å². The molecule has 1 rings (SSSR count). The minimum absolute atomic E-state index is 0.662. The molecule has 5 atom stereocenters. The van der Waals surface area contributed by atoms with Gasteiger partial charge in [-0.05, 0) is 68.3 Å². The van der Waals surface area contributed by atoms with Crippen LogP contribution in [0, 0.1) is 29.6 Å². The maximum absolute atomic E-state index is 4.78. The van der Waals surface area contributed by atoms with Crippen LogP contribution in [0.3, 0.4) is 0 Å². The lowest BCUT2D eigenvalue weighted by atomic mass is 9.82. The smallest absolute Gasteiger partial charge is 0.0787 e. The molecule has 0 bridgehead atoms. The Morgan fingerprint density at radius 1 is 1.00 bits per heavy atom. The molecule has 0 aliphatic heterocycles. The second-order valence-corrected chi connectivity index (χ2v) is 9.83. The second-order valence-electron chi connectivity index (χ2n) is 9.83. The van der Waals surface area contributed by atoms with Gasteiger partial charge in [0.05, 0.1) is 13.4 Å². The minimum atomic E-state index is 0.662. The predicted octanol–water partition coefficient (Wildman–Crippen LogP) is 11.4. The van der Waals surface area contributed by atoms with Gasteiger partial charge in [0.15, 0.2) is 0 Å². The molecule has 1 saturated carbocycles. The molecule has 0 aromatic carbocycles. The van der Waals surface area contributed by atoms with Crippen LogP contribution in [-0.4, -0.2) is 7.11 Å². The van der Waals surface area contributed by atoms with Crippen molar-refractivity contribution in [3.63, 3.8) is 0 Å². The van der Waals surface area contributed by atoms with Crippen LogP contribution in [-0.2, 0) is 4.74 Å². The first kappa shape index (κ1) is 36.6. The molecule has 1 heteroatoms. The summed E-state index contributed by atoms with van der Waals surface area (Å²) in [5, 5.41) is 0. The van der Waals surface area contributed by atoms with Crippen LogP contribution in [0.25, 0.3) is 0 Å². The van der Waals surface area contributed by atoms with Crippen LogP contribution in [0.5, 0.6) is 0 Å². The number of methoxy groups -OCH3 is 1. The molecule has 0 aromatic heterocycles. The molecule has 0 N–H and O–H groups in total. The van der Waals surface area contributed by atoms with Gasteiger partial charge in [0.1, 0.15) is 0 Å². The van der Waals surface area contributed by atoms with E-state index >= 15 is 0 Å². The van der Waals surface area contributed by atoms with Crippen molar-refractivity contribution >= 4 is 0 Å². The molecule has 0 saturated heterocycles. The molecule has 1 aliphatic carbocycles. The van der Waals surface area contributed by atoms with E-state index in [1.54, 1.807) is 13.4 Å². The van der Waals surface area contributed by atoms with Crippen molar-refractivity contribution in [2.75, 3.05) is 7.11 Å². The third kappa shape index (κ3) is 22.6. The maximum Gasteiger partial charge on any atom is 0.0787 e. The fraction of sp³-hybridized carbons (Fsp3) is 0.812. The van der Waals surface area contributed by atoms with Gasteiger partial charge in [-0.25, -0.2) is 0 Å². The van der Waals surface area contributed by atoms with E-state index in [0.29, 0.717) is 5.92 Å². The minimum Gasteiger partial charge on any atom is -0.505 e. The third-order valence-corrected chi connectivity index (χ3v) is 6.34. The molecule has 0 aromatic rings. The summed E-state index contributed by atoms with van der Waals surface area (Å²) in [6, 6.07) is 0. The van der Waals surface area contributed by atoms with Crippen molar-refractivity contribution in [3.05, 3.63) is 36.6 Å². The molecule has 1 nitrogen and oxygen atoms in total. The summed E-state index contributed by atoms with van der Waals surface area (Å²) < 4.78 is 4.78. The lowest BCUT2D eigenvalue weighted by molar-refractivity contribution is 0.284. The largest absolute Gasteiger partial charge is 0.505 e. The van der Waals surface area contributed by atoms with Gasteiger partial charge in [0, 0.05) is 0 Å². The Balaban J connectivity index is -0.000000537. The van der Waals surface area contributed by atoms with Crippen LogP contribution in [0.1, 0.15) is 133 Å². The van der Waals surface area contributed by atoms with Gasteiger partial charge in [-0.2, -0.15) is 0 Å². The highest BCUT2D eigenvalue weighted by Gasteiger charge is 2.24. The van der Waals surface area contributed by atoms with E-state index in [9.17, 15) is 0 Å². The lowest BCUT2D eigenvalue weighted by Gasteiger charge is -2.24. The maximum atomic E-state index is 4.78. The van der Waals surface area contributed by atoms with Crippen LogP contribution in [0.2, 0.25) is 0 Å². The Kier molecular flexibility index (Phi) is 30.2. The molecule has 0 heterocycles. The average Bonchev–Trinajstić information content (AvgIpc) is 2.86. The van der Waals surface area contributed by atoms with Gasteiger partial charge in [-0.3, -0.25) is 0 Å². The molecular formula is C32H64O. The molecule has 198 valence electrons. The van der Waals surface area contributed by atoms with Crippen molar-refractivity contribution in [1.29, 1.82) is 0 Å². The summed E-state index contributed by atoms with van der Waals surface area (Å²) in [5.41, 5.74) is 1.36. The van der Waals surface area contributed by atoms with E-state index in [4.69, 9.17) is 4.74 Å². The van der Waals surface area contributed by atoms with Crippen LogP contribution >= 0.6 is 0 Å². The standard InChI is InChI=1S/C19H34.C8H16O.C3H8.C2H6/c1-6-8-16(4)19-13-12-18(9-7-2)17(5)11-10-15(3)14-19;1-4-5-8(2)6-7-9-3;1-3-2;1-2/h6,8,15,17-19H,4,7,9-14H2,1-3,5H3;6-8H,4-5H2,1-3H3;3H2,1-2H3;1-2H3/b8-6-;7-6+;;/t15?,17-,18?,19?;;;/m0.../s1. The monoisotopic (exact) mass is 464 g/mol. The van der Waals surface area contributed by atoms with Crippen molar-refractivity contribution in [2.45, 2.75) is 133 Å². The summed E-state index contributed by atoms with van der Waals surface area (Å²) in [7, 11) is 1.68. The van der Waals surface area contributed by atoms with Crippen molar-refractivity contribution in [2.24, 2.45) is 29.6 Å². The Bertz CT molecular complexity index is 447. The molecule has 0 spiro atoms. The molecule has 1 fully saturated rings. The Hall–Kier alpha value is -0.980. The number of hydrogen-bond donors (Lipinski definition) is 0. The first-order valence-corrected chi connectivity index (χ1v) is 14.3. The first-order chi connectivity index (χ1) is 15.8. The Morgan fingerprint density at radius 2 is 1.61 bits per heavy atom. The highest BCUT2D eigenvalue weighted by Crippen LogP contribution is 2.36. The third-order valence-electron chi connectivity index (χ3n) is 6.34. The molecule has 4 unspecified atom stereocenters. The van der Waals surface area contributed by atoms with E-state index in [-0.39, 0.29) is 0 Å².